The number of aryl methyl sites for hydroxylation is 1. The molecule has 0 aliphatic heterocycles. The van der Waals surface area contributed by atoms with Gasteiger partial charge in [0.05, 0.1) is 6.54 Å². The summed E-state index contributed by atoms with van der Waals surface area (Å²) in [5.74, 6) is 7.87. The number of carbonyl (C=O) groups excluding carboxylic acids is 1. The predicted octanol–water partition coefficient (Wildman–Crippen LogP) is 2.29. The van der Waals surface area contributed by atoms with Crippen LogP contribution in [0.25, 0.3) is 0 Å². The Morgan fingerprint density at radius 1 is 1.35 bits per heavy atom. The lowest BCUT2D eigenvalue weighted by molar-refractivity contribution is -0.120. The Hall–Kier alpha value is -1.79. The molecule has 0 spiro atoms. The Bertz CT molecular complexity index is 587. The van der Waals surface area contributed by atoms with Gasteiger partial charge in [-0.1, -0.05) is 17.9 Å². The van der Waals surface area contributed by atoms with Crippen molar-refractivity contribution in [2.24, 2.45) is 23.5 Å². The summed E-state index contributed by atoms with van der Waals surface area (Å²) in [7, 11) is 0. The highest BCUT2D eigenvalue weighted by Gasteiger charge is 2.47. The summed E-state index contributed by atoms with van der Waals surface area (Å²) >= 11 is 0. The maximum atomic E-state index is 12.3. The summed E-state index contributed by atoms with van der Waals surface area (Å²) < 4.78 is 0. The zero-order valence-corrected chi connectivity index (χ0v) is 11.8. The number of nitrogens with two attached hydrogens (primary N) is 1. The molecule has 104 valence electrons. The van der Waals surface area contributed by atoms with Crippen molar-refractivity contribution < 1.29 is 4.79 Å². The third-order valence-corrected chi connectivity index (χ3v) is 4.44. The van der Waals surface area contributed by atoms with Gasteiger partial charge in [0.25, 0.3) is 0 Å². The highest BCUT2D eigenvalue weighted by Crippen LogP contribution is 2.54. The molecule has 2 saturated carbocycles. The fourth-order valence-corrected chi connectivity index (χ4v) is 3.15. The molecule has 1 amide bonds. The second-order valence-corrected chi connectivity index (χ2v) is 5.95. The van der Waals surface area contributed by atoms with E-state index in [0.29, 0.717) is 6.54 Å². The van der Waals surface area contributed by atoms with Crippen molar-refractivity contribution in [1.82, 2.24) is 0 Å². The maximum absolute atomic E-state index is 12.3. The molecule has 0 saturated heterocycles. The SMILES string of the molecule is Cc1ccc(C#CCN)cc1NC(=O)C1CC2CC2C1. The third kappa shape index (κ3) is 2.71. The summed E-state index contributed by atoms with van der Waals surface area (Å²) in [5, 5.41) is 3.07. The molecule has 0 radical (unpaired) electrons. The van der Waals surface area contributed by atoms with Gasteiger partial charge >= 0.3 is 0 Å². The third-order valence-electron chi connectivity index (χ3n) is 4.44. The molecule has 1 aromatic rings. The fraction of sp³-hybridized carbons (Fsp3) is 0.471. The quantitative estimate of drug-likeness (QED) is 0.809. The second-order valence-electron chi connectivity index (χ2n) is 5.95. The molecule has 3 N–H and O–H groups in total. The van der Waals surface area contributed by atoms with Gasteiger partial charge in [0.15, 0.2) is 0 Å². The molecule has 2 aliphatic rings. The van der Waals surface area contributed by atoms with E-state index in [1.54, 1.807) is 0 Å². The number of anilines is 1. The summed E-state index contributed by atoms with van der Waals surface area (Å²) in [5.41, 5.74) is 8.22. The minimum atomic E-state index is 0.171. The van der Waals surface area contributed by atoms with Crippen LogP contribution in [0, 0.1) is 36.5 Å². The van der Waals surface area contributed by atoms with Crippen LogP contribution in [-0.4, -0.2) is 12.5 Å². The van der Waals surface area contributed by atoms with Crippen LogP contribution in [0.2, 0.25) is 0 Å². The lowest BCUT2D eigenvalue weighted by Gasteiger charge is -2.14. The first-order valence-electron chi connectivity index (χ1n) is 7.28. The average Bonchev–Trinajstić information content (AvgIpc) is 3.06. The van der Waals surface area contributed by atoms with Crippen LogP contribution in [0.5, 0.6) is 0 Å². The van der Waals surface area contributed by atoms with Crippen molar-refractivity contribution >= 4 is 11.6 Å². The number of carbonyl (C=O) groups is 1. The van der Waals surface area contributed by atoms with Crippen LogP contribution in [0.15, 0.2) is 18.2 Å². The number of amides is 1. The monoisotopic (exact) mass is 268 g/mol. The summed E-state index contributed by atoms with van der Waals surface area (Å²) in [6, 6.07) is 5.88. The highest BCUT2D eigenvalue weighted by atomic mass is 16.1. The smallest absolute Gasteiger partial charge is 0.227 e. The van der Waals surface area contributed by atoms with Crippen LogP contribution >= 0.6 is 0 Å². The normalized spacial score (nSPS) is 26.4. The van der Waals surface area contributed by atoms with Gasteiger partial charge < -0.3 is 11.1 Å². The van der Waals surface area contributed by atoms with Gasteiger partial charge in [-0.05, 0) is 55.7 Å². The molecule has 3 heteroatoms. The van der Waals surface area contributed by atoms with Crippen molar-refractivity contribution in [1.29, 1.82) is 0 Å². The van der Waals surface area contributed by atoms with Gasteiger partial charge in [-0.3, -0.25) is 4.79 Å². The standard InChI is InChI=1S/C17H20N2O/c1-11-4-5-12(3-2-6-18)7-16(11)19-17(20)15-9-13-8-14(13)10-15/h4-5,7,13-15H,6,8-10,18H2,1H3,(H,19,20). The molecule has 0 heterocycles. The molecule has 0 aromatic heterocycles. The number of benzene rings is 1. The number of nitrogens with one attached hydrogen (secondary N) is 1. The first-order chi connectivity index (χ1) is 9.67. The number of hydrogen-bond donors (Lipinski definition) is 2. The van der Waals surface area contributed by atoms with E-state index in [2.05, 4.69) is 17.2 Å². The van der Waals surface area contributed by atoms with Crippen molar-refractivity contribution in [3.8, 4) is 11.8 Å². The largest absolute Gasteiger partial charge is 0.326 e. The van der Waals surface area contributed by atoms with E-state index < -0.39 is 0 Å². The molecule has 1 aromatic carbocycles. The van der Waals surface area contributed by atoms with Gasteiger partial charge in [-0.2, -0.15) is 0 Å². The van der Waals surface area contributed by atoms with E-state index in [1.165, 1.54) is 6.42 Å². The Kier molecular flexibility index (Phi) is 3.50. The maximum Gasteiger partial charge on any atom is 0.227 e. The molecule has 0 bridgehead atoms. The number of fused-ring (bicyclic) bond motifs is 1. The van der Waals surface area contributed by atoms with Crippen molar-refractivity contribution in [2.45, 2.75) is 26.2 Å². The Balaban J connectivity index is 1.70. The molecule has 2 fully saturated rings. The zero-order chi connectivity index (χ0) is 14.1. The van der Waals surface area contributed by atoms with Gasteiger partial charge in [0.1, 0.15) is 0 Å². The Morgan fingerprint density at radius 3 is 2.80 bits per heavy atom. The zero-order valence-electron chi connectivity index (χ0n) is 11.8. The highest BCUT2D eigenvalue weighted by molar-refractivity contribution is 5.93. The van der Waals surface area contributed by atoms with Crippen LogP contribution in [0.1, 0.15) is 30.4 Å². The minimum absolute atomic E-state index is 0.171. The number of rotatable bonds is 2. The Labute approximate surface area is 119 Å². The molecule has 2 aliphatic carbocycles. The number of hydrogen-bond acceptors (Lipinski definition) is 2. The molecule has 3 nitrogen and oxygen atoms in total. The van der Waals surface area contributed by atoms with Crippen LogP contribution in [-0.2, 0) is 4.79 Å². The Morgan fingerprint density at radius 2 is 2.10 bits per heavy atom. The molecular weight excluding hydrogens is 248 g/mol. The van der Waals surface area contributed by atoms with E-state index in [9.17, 15) is 4.79 Å². The molecule has 2 unspecified atom stereocenters. The summed E-state index contributed by atoms with van der Waals surface area (Å²) in [6.07, 6.45) is 3.48. The molecule has 2 atom stereocenters. The molecule has 3 rings (SSSR count). The van der Waals surface area contributed by atoms with Gasteiger partial charge in [-0.15, -0.1) is 0 Å². The van der Waals surface area contributed by atoms with Crippen molar-refractivity contribution in [3.05, 3.63) is 29.3 Å². The minimum Gasteiger partial charge on any atom is -0.326 e. The lowest BCUT2D eigenvalue weighted by atomic mass is 10.0. The predicted molar refractivity (Wildman–Crippen MR) is 80.1 cm³/mol. The fourth-order valence-electron chi connectivity index (χ4n) is 3.15. The van der Waals surface area contributed by atoms with Gasteiger partial charge in [0, 0.05) is 17.2 Å². The molecular formula is C17H20N2O. The van der Waals surface area contributed by atoms with Gasteiger partial charge in [0.2, 0.25) is 5.91 Å². The van der Waals surface area contributed by atoms with Crippen molar-refractivity contribution in [2.75, 3.05) is 11.9 Å². The van der Waals surface area contributed by atoms with Crippen molar-refractivity contribution in [3.63, 3.8) is 0 Å². The van der Waals surface area contributed by atoms with Crippen LogP contribution in [0.4, 0.5) is 5.69 Å². The second kappa shape index (κ2) is 5.30. The average molecular weight is 268 g/mol. The van der Waals surface area contributed by atoms with E-state index >= 15 is 0 Å². The topological polar surface area (TPSA) is 55.1 Å². The van der Waals surface area contributed by atoms with Crippen LogP contribution in [0.3, 0.4) is 0 Å². The van der Waals surface area contributed by atoms with E-state index in [0.717, 1.165) is 41.5 Å². The van der Waals surface area contributed by atoms with Crippen LogP contribution < -0.4 is 11.1 Å². The van der Waals surface area contributed by atoms with E-state index in [-0.39, 0.29) is 11.8 Å². The lowest BCUT2D eigenvalue weighted by Crippen LogP contribution is -2.22. The van der Waals surface area contributed by atoms with E-state index in [1.807, 2.05) is 25.1 Å². The van der Waals surface area contributed by atoms with Gasteiger partial charge in [-0.25, -0.2) is 0 Å². The van der Waals surface area contributed by atoms with E-state index in [4.69, 9.17) is 5.73 Å². The summed E-state index contributed by atoms with van der Waals surface area (Å²) in [4.78, 5) is 12.3. The summed E-state index contributed by atoms with van der Waals surface area (Å²) in [6.45, 7) is 2.35. The first-order valence-corrected chi connectivity index (χ1v) is 7.28. The first kappa shape index (κ1) is 13.2. The molecule has 20 heavy (non-hydrogen) atoms.